The van der Waals surface area contributed by atoms with E-state index in [0.29, 0.717) is 5.84 Å². The fourth-order valence-corrected chi connectivity index (χ4v) is 1.86. The zero-order chi connectivity index (χ0) is 11.9. The first-order chi connectivity index (χ1) is 7.45. The maximum atomic E-state index is 11.5. The van der Waals surface area contributed by atoms with Crippen LogP contribution >= 0.6 is 0 Å². The highest BCUT2D eigenvalue weighted by atomic mass is 16.4. The van der Waals surface area contributed by atoms with Crippen LogP contribution in [-0.2, 0) is 9.59 Å². The maximum Gasteiger partial charge on any atom is 0.330 e. The summed E-state index contributed by atoms with van der Waals surface area (Å²) in [5, 5.41) is 9.24. The topological polar surface area (TPSA) is 70.0 Å². The molecule has 0 unspecified atom stereocenters. The third-order valence-electron chi connectivity index (χ3n) is 2.88. The number of amidine groups is 1. The first-order valence-electron chi connectivity index (χ1n) is 4.95. The first kappa shape index (κ1) is 10.6. The highest BCUT2D eigenvalue weighted by Crippen LogP contribution is 2.29. The summed E-state index contributed by atoms with van der Waals surface area (Å²) < 4.78 is 0. The number of carbonyl (C=O) groups excluding carboxylic acids is 1. The van der Waals surface area contributed by atoms with Crippen LogP contribution in [0.3, 0.4) is 0 Å². The summed E-state index contributed by atoms with van der Waals surface area (Å²) in [4.78, 5) is 28.2. The Balaban J connectivity index is 2.54. The summed E-state index contributed by atoms with van der Waals surface area (Å²) in [6, 6.07) is 0. The van der Waals surface area contributed by atoms with Crippen molar-refractivity contribution < 1.29 is 14.7 Å². The molecule has 2 rings (SSSR count). The van der Waals surface area contributed by atoms with Crippen molar-refractivity contribution in [3.63, 3.8) is 0 Å². The van der Waals surface area contributed by atoms with Gasteiger partial charge in [0.1, 0.15) is 11.4 Å². The normalized spacial score (nSPS) is 28.4. The molecule has 84 valence electrons. The van der Waals surface area contributed by atoms with E-state index in [4.69, 9.17) is 0 Å². The summed E-state index contributed by atoms with van der Waals surface area (Å²) in [6.07, 6.45) is 5.09. The molecule has 1 amide bonds. The number of aliphatic imine (C=N–C) groups is 1. The summed E-state index contributed by atoms with van der Waals surface area (Å²) in [7, 11) is 0. The van der Waals surface area contributed by atoms with Crippen LogP contribution in [0.25, 0.3) is 0 Å². The quantitative estimate of drug-likeness (QED) is 0.713. The van der Waals surface area contributed by atoms with Crippen molar-refractivity contribution in [2.75, 3.05) is 0 Å². The third-order valence-corrected chi connectivity index (χ3v) is 2.88. The van der Waals surface area contributed by atoms with Crippen LogP contribution in [0.5, 0.6) is 0 Å². The molecular weight excluding hydrogens is 208 g/mol. The molecule has 5 heteroatoms. The van der Waals surface area contributed by atoms with E-state index in [9.17, 15) is 14.7 Å². The Labute approximate surface area is 92.8 Å². The van der Waals surface area contributed by atoms with Crippen molar-refractivity contribution in [2.24, 2.45) is 4.99 Å². The zero-order valence-electron chi connectivity index (χ0n) is 9.10. The number of aliphatic carboxylic acids is 1. The van der Waals surface area contributed by atoms with Crippen molar-refractivity contribution in [1.82, 2.24) is 4.90 Å². The number of carboxylic acids is 1. The van der Waals surface area contributed by atoms with Gasteiger partial charge in [-0.25, -0.2) is 4.79 Å². The van der Waals surface area contributed by atoms with Gasteiger partial charge in [-0.1, -0.05) is 6.08 Å². The standard InChI is InChI=1S/C11H12N2O3/c1-7-4-3-5-13-9(7)12-8(14)6-11(13,2)10(15)16/h3-5H,6H2,1-2H3,(H,15,16)/t11-/m1/s1. The minimum absolute atomic E-state index is 0.108. The van der Waals surface area contributed by atoms with Gasteiger partial charge in [-0.15, -0.1) is 0 Å². The molecule has 2 heterocycles. The second-order valence-electron chi connectivity index (χ2n) is 4.15. The molecule has 1 atom stereocenters. The number of carboxylic acid groups (broad SMARTS) is 1. The molecule has 2 aliphatic rings. The molecule has 0 radical (unpaired) electrons. The number of hydrogen-bond donors (Lipinski definition) is 1. The van der Waals surface area contributed by atoms with Gasteiger partial charge < -0.3 is 10.0 Å². The Morgan fingerprint density at radius 3 is 2.94 bits per heavy atom. The molecule has 0 aromatic heterocycles. The lowest BCUT2D eigenvalue weighted by atomic mass is 9.91. The lowest BCUT2D eigenvalue weighted by Crippen LogP contribution is -2.56. The van der Waals surface area contributed by atoms with Crippen molar-refractivity contribution in [2.45, 2.75) is 25.8 Å². The second-order valence-corrected chi connectivity index (χ2v) is 4.15. The monoisotopic (exact) mass is 220 g/mol. The molecule has 0 fully saturated rings. The molecule has 2 aliphatic heterocycles. The molecule has 1 N–H and O–H groups in total. The molecule has 0 spiro atoms. The third kappa shape index (κ3) is 1.36. The van der Waals surface area contributed by atoms with Crippen molar-refractivity contribution in [3.05, 3.63) is 23.9 Å². The smallest absolute Gasteiger partial charge is 0.330 e. The number of carbonyl (C=O) groups is 2. The fraction of sp³-hybridized carbons (Fsp3) is 0.364. The lowest BCUT2D eigenvalue weighted by Gasteiger charge is -2.40. The van der Waals surface area contributed by atoms with Gasteiger partial charge in [0.25, 0.3) is 5.91 Å². The molecule has 0 aromatic carbocycles. The van der Waals surface area contributed by atoms with Gasteiger partial charge >= 0.3 is 5.97 Å². The van der Waals surface area contributed by atoms with Crippen molar-refractivity contribution >= 4 is 17.7 Å². The Morgan fingerprint density at radius 2 is 2.31 bits per heavy atom. The number of amides is 1. The molecule has 0 aromatic rings. The highest BCUT2D eigenvalue weighted by Gasteiger charge is 2.46. The molecule has 0 saturated carbocycles. The van der Waals surface area contributed by atoms with Crippen LogP contribution in [0.15, 0.2) is 28.9 Å². The predicted octanol–water partition coefficient (Wildman–Crippen LogP) is 0.934. The number of fused-ring (bicyclic) bond motifs is 1. The number of nitrogens with zero attached hydrogens (tertiary/aromatic N) is 2. The summed E-state index contributed by atoms with van der Waals surface area (Å²) in [5.74, 6) is -0.976. The van der Waals surface area contributed by atoms with E-state index in [1.54, 1.807) is 30.2 Å². The van der Waals surface area contributed by atoms with E-state index in [-0.39, 0.29) is 12.3 Å². The van der Waals surface area contributed by atoms with E-state index in [2.05, 4.69) is 4.99 Å². The minimum Gasteiger partial charge on any atom is -0.479 e. The molecule has 0 aliphatic carbocycles. The summed E-state index contributed by atoms with van der Waals surface area (Å²) >= 11 is 0. The second kappa shape index (κ2) is 3.30. The molecule has 0 saturated heterocycles. The number of hydrogen-bond acceptors (Lipinski definition) is 3. The van der Waals surface area contributed by atoms with Crippen LogP contribution < -0.4 is 0 Å². The van der Waals surface area contributed by atoms with E-state index in [0.717, 1.165) is 5.57 Å². The predicted molar refractivity (Wildman–Crippen MR) is 57.8 cm³/mol. The van der Waals surface area contributed by atoms with E-state index in [1.165, 1.54) is 6.92 Å². The van der Waals surface area contributed by atoms with E-state index in [1.807, 2.05) is 0 Å². The molecule has 16 heavy (non-hydrogen) atoms. The van der Waals surface area contributed by atoms with E-state index < -0.39 is 11.5 Å². The molecule has 0 bridgehead atoms. The first-order valence-corrected chi connectivity index (χ1v) is 4.95. The average Bonchev–Trinajstić information content (AvgIpc) is 2.19. The lowest BCUT2D eigenvalue weighted by molar-refractivity contribution is -0.149. The van der Waals surface area contributed by atoms with Gasteiger partial charge in [0, 0.05) is 6.20 Å². The maximum absolute atomic E-state index is 11.5. The number of rotatable bonds is 1. The van der Waals surface area contributed by atoms with Crippen LogP contribution in [0.1, 0.15) is 20.3 Å². The average molecular weight is 220 g/mol. The van der Waals surface area contributed by atoms with E-state index >= 15 is 0 Å². The van der Waals surface area contributed by atoms with Crippen LogP contribution in [0, 0.1) is 0 Å². The fourth-order valence-electron chi connectivity index (χ4n) is 1.86. The molecular formula is C11H12N2O3. The van der Waals surface area contributed by atoms with Crippen LogP contribution in [-0.4, -0.2) is 33.3 Å². The van der Waals surface area contributed by atoms with Gasteiger partial charge in [0.15, 0.2) is 0 Å². The minimum atomic E-state index is -1.24. The molecule has 5 nitrogen and oxygen atoms in total. The summed E-state index contributed by atoms with van der Waals surface area (Å²) in [6.45, 7) is 3.33. The van der Waals surface area contributed by atoms with Gasteiger partial charge in [-0.2, -0.15) is 4.99 Å². The van der Waals surface area contributed by atoms with Crippen molar-refractivity contribution in [3.8, 4) is 0 Å². The highest BCUT2D eigenvalue weighted by molar-refractivity contribution is 6.11. The van der Waals surface area contributed by atoms with Gasteiger partial charge in [-0.3, -0.25) is 4.79 Å². The largest absolute Gasteiger partial charge is 0.479 e. The number of allylic oxidation sites excluding steroid dienone is 2. The Morgan fingerprint density at radius 1 is 1.62 bits per heavy atom. The van der Waals surface area contributed by atoms with Crippen LogP contribution in [0.4, 0.5) is 0 Å². The summed E-state index contributed by atoms with van der Waals surface area (Å²) in [5.41, 5.74) is -0.441. The van der Waals surface area contributed by atoms with Gasteiger partial charge in [0.05, 0.1) is 6.42 Å². The van der Waals surface area contributed by atoms with Gasteiger partial charge in [-0.05, 0) is 25.5 Å². The Hall–Kier alpha value is -1.91. The zero-order valence-corrected chi connectivity index (χ0v) is 9.10. The van der Waals surface area contributed by atoms with Crippen molar-refractivity contribution in [1.29, 1.82) is 0 Å². The Bertz CT molecular complexity index is 462. The van der Waals surface area contributed by atoms with Crippen LogP contribution in [0.2, 0.25) is 0 Å². The Kier molecular flexibility index (Phi) is 2.18. The SMILES string of the molecule is CC1=CC=CN2C1=NC(=O)C[C@]2(C)C(=O)O. The van der Waals surface area contributed by atoms with Gasteiger partial charge in [0.2, 0.25) is 0 Å².